The fourth-order valence-electron chi connectivity index (χ4n) is 0.822. The van der Waals surface area contributed by atoms with E-state index in [9.17, 15) is 0 Å². The van der Waals surface area contributed by atoms with Crippen molar-refractivity contribution in [2.24, 2.45) is 0 Å². The van der Waals surface area contributed by atoms with E-state index in [1.165, 1.54) is 0 Å². The van der Waals surface area contributed by atoms with E-state index in [4.69, 9.17) is 16.0 Å². The van der Waals surface area contributed by atoms with Gasteiger partial charge in [0.05, 0.1) is 5.02 Å². The van der Waals surface area contributed by atoms with Gasteiger partial charge in [0.2, 0.25) is 9.04 Å². The van der Waals surface area contributed by atoms with Crippen LogP contribution in [0.3, 0.4) is 0 Å². The molecule has 0 radical (unpaired) electrons. The van der Waals surface area contributed by atoms with Crippen molar-refractivity contribution in [1.29, 1.82) is 0 Å². The number of hydrogen-bond donors (Lipinski definition) is 0. The van der Waals surface area contributed by atoms with Gasteiger partial charge in [0.1, 0.15) is 5.75 Å². The molecule has 1 nitrogen and oxygen atoms in total. The van der Waals surface area contributed by atoms with Gasteiger partial charge in [-0.1, -0.05) is 11.6 Å². The molecule has 0 saturated carbocycles. The summed E-state index contributed by atoms with van der Waals surface area (Å²) in [6, 6.07) is 5.80. The molecule has 0 aliphatic heterocycles. The van der Waals surface area contributed by atoms with Gasteiger partial charge in [-0.05, 0) is 53.9 Å². The minimum atomic E-state index is -0.995. The maximum Gasteiger partial charge on any atom is 0.229 e. The van der Waals surface area contributed by atoms with E-state index in [0.29, 0.717) is 0 Å². The average Bonchev–Trinajstić information content (AvgIpc) is 1.96. The Morgan fingerprint density at radius 2 is 2.08 bits per heavy atom. The largest absolute Gasteiger partial charge is 0.547 e. The summed E-state index contributed by atoms with van der Waals surface area (Å²) >= 11 is 8.12. The lowest BCUT2D eigenvalue weighted by atomic mass is 10.3. The summed E-state index contributed by atoms with van der Waals surface area (Å²) in [6.45, 7) is 4.26. The number of hydrogen-bond acceptors (Lipinski definition) is 1. The molecule has 1 aromatic carbocycles. The minimum Gasteiger partial charge on any atom is -0.547 e. The smallest absolute Gasteiger partial charge is 0.229 e. The van der Waals surface area contributed by atoms with E-state index in [0.717, 1.165) is 14.3 Å². The van der Waals surface area contributed by atoms with Crippen LogP contribution in [-0.2, 0) is 0 Å². The lowest BCUT2D eigenvalue weighted by Gasteiger charge is -2.09. The van der Waals surface area contributed by atoms with Gasteiger partial charge in [0, 0.05) is 3.57 Å². The molecule has 1 rings (SSSR count). The van der Waals surface area contributed by atoms with Gasteiger partial charge in [0.15, 0.2) is 0 Å². The van der Waals surface area contributed by atoms with Crippen LogP contribution < -0.4 is 4.43 Å². The Balaban J connectivity index is 2.82. The van der Waals surface area contributed by atoms with Crippen molar-refractivity contribution in [3.8, 4) is 5.75 Å². The van der Waals surface area contributed by atoms with Gasteiger partial charge < -0.3 is 4.43 Å². The Labute approximate surface area is 92.9 Å². The second-order valence-corrected chi connectivity index (χ2v) is 6.65. The molecule has 0 bridgehead atoms. The van der Waals surface area contributed by atoms with Crippen LogP contribution in [0.15, 0.2) is 18.2 Å². The third-order valence-corrected chi connectivity index (χ3v) is 3.58. The second-order valence-electron chi connectivity index (χ2n) is 2.74. The molecule has 0 amide bonds. The zero-order valence-electron chi connectivity index (χ0n) is 6.97. The van der Waals surface area contributed by atoms with Gasteiger partial charge in [-0.3, -0.25) is 0 Å². The van der Waals surface area contributed by atoms with Crippen molar-refractivity contribution in [2.75, 3.05) is 0 Å². The quantitative estimate of drug-likeness (QED) is 0.601. The van der Waals surface area contributed by atoms with Crippen molar-refractivity contribution < 1.29 is 4.43 Å². The van der Waals surface area contributed by atoms with E-state index in [2.05, 4.69) is 35.7 Å². The Morgan fingerprint density at radius 3 is 2.58 bits per heavy atom. The van der Waals surface area contributed by atoms with Crippen LogP contribution in [0.25, 0.3) is 0 Å². The van der Waals surface area contributed by atoms with Gasteiger partial charge in [0.25, 0.3) is 0 Å². The molecule has 0 saturated heterocycles. The topological polar surface area (TPSA) is 9.23 Å². The van der Waals surface area contributed by atoms with Crippen LogP contribution in [0, 0.1) is 3.57 Å². The molecule has 0 unspecified atom stereocenters. The van der Waals surface area contributed by atoms with Crippen molar-refractivity contribution >= 4 is 43.2 Å². The first kappa shape index (κ1) is 10.3. The first-order valence-corrected chi connectivity index (χ1v) is 7.95. The molecule has 12 heavy (non-hydrogen) atoms. The predicted molar refractivity (Wildman–Crippen MR) is 63.7 cm³/mol. The van der Waals surface area contributed by atoms with Gasteiger partial charge in [-0.15, -0.1) is 0 Å². The predicted octanol–water partition coefficient (Wildman–Crippen LogP) is 3.31. The summed E-state index contributed by atoms with van der Waals surface area (Å²) in [6.07, 6.45) is 0. The van der Waals surface area contributed by atoms with Gasteiger partial charge in [-0.25, -0.2) is 0 Å². The Bertz CT molecular complexity index is 278. The van der Waals surface area contributed by atoms with Crippen LogP contribution in [0.4, 0.5) is 0 Å². The zero-order valence-corrected chi connectivity index (χ0v) is 11.0. The summed E-state index contributed by atoms with van der Waals surface area (Å²) in [5.41, 5.74) is 0. The standard InChI is InChI=1S/C8H10ClIOSi/c1-12(2)11-6-3-4-8(10)7(9)5-6/h3-5,12H,1-2H3. The summed E-state index contributed by atoms with van der Waals surface area (Å²) in [5.74, 6) is 0.891. The summed E-state index contributed by atoms with van der Waals surface area (Å²) in [7, 11) is -0.995. The highest BCUT2D eigenvalue weighted by Crippen LogP contribution is 2.23. The van der Waals surface area contributed by atoms with E-state index in [1.54, 1.807) is 0 Å². The van der Waals surface area contributed by atoms with E-state index < -0.39 is 9.04 Å². The van der Waals surface area contributed by atoms with Crippen molar-refractivity contribution in [1.82, 2.24) is 0 Å². The monoisotopic (exact) mass is 312 g/mol. The van der Waals surface area contributed by atoms with Gasteiger partial charge in [-0.2, -0.15) is 0 Å². The van der Waals surface area contributed by atoms with Crippen molar-refractivity contribution in [3.63, 3.8) is 0 Å². The Kier molecular flexibility index (Phi) is 3.86. The maximum atomic E-state index is 5.93. The minimum absolute atomic E-state index is 0.766. The average molecular weight is 313 g/mol. The Hall–Kier alpha value is 0.257. The molecule has 0 aliphatic rings. The van der Waals surface area contributed by atoms with E-state index in [-0.39, 0.29) is 0 Å². The highest BCUT2D eigenvalue weighted by molar-refractivity contribution is 14.1. The summed E-state index contributed by atoms with van der Waals surface area (Å²) < 4.78 is 6.66. The molecule has 66 valence electrons. The SMILES string of the molecule is C[SiH](C)Oc1ccc(I)c(Cl)c1. The molecule has 0 fully saturated rings. The lowest BCUT2D eigenvalue weighted by Crippen LogP contribution is -2.10. The number of halogens is 2. The molecule has 0 atom stereocenters. The van der Waals surface area contributed by atoms with Crippen molar-refractivity contribution in [2.45, 2.75) is 13.1 Å². The maximum absolute atomic E-state index is 5.93. The number of rotatable bonds is 2. The summed E-state index contributed by atoms with van der Waals surface area (Å²) in [5, 5.41) is 0.766. The molecular weight excluding hydrogens is 303 g/mol. The van der Waals surface area contributed by atoms with Crippen LogP contribution in [0.1, 0.15) is 0 Å². The molecule has 0 heterocycles. The molecule has 0 N–H and O–H groups in total. The fraction of sp³-hybridized carbons (Fsp3) is 0.250. The summed E-state index contributed by atoms with van der Waals surface area (Å²) in [4.78, 5) is 0. The molecule has 0 spiro atoms. The van der Waals surface area contributed by atoms with Crippen molar-refractivity contribution in [3.05, 3.63) is 26.8 Å². The van der Waals surface area contributed by atoms with Gasteiger partial charge >= 0.3 is 0 Å². The van der Waals surface area contributed by atoms with Crippen LogP contribution in [0.5, 0.6) is 5.75 Å². The number of benzene rings is 1. The van der Waals surface area contributed by atoms with Crippen LogP contribution in [0.2, 0.25) is 18.1 Å². The van der Waals surface area contributed by atoms with Crippen LogP contribution >= 0.6 is 34.2 Å². The molecular formula is C8H10ClIOSi. The second kappa shape index (κ2) is 4.48. The lowest BCUT2D eigenvalue weighted by molar-refractivity contribution is 0.580. The normalized spacial score (nSPS) is 10.4. The highest BCUT2D eigenvalue weighted by Gasteiger charge is 2.01. The molecule has 0 aliphatic carbocycles. The van der Waals surface area contributed by atoms with E-state index in [1.807, 2.05) is 18.2 Å². The Morgan fingerprint density at radius 1 is 1.42 bits per heavy atom. The highest BCUT2D eigenvalue weighted by atomic mass is 127. The molecule has 1 aromatic rings. The third kappa shape index (κ3) is 2.95. The zero-order chi connectivity index (χ0) is 9.14. The third-order valence-electron chi connectivity index (χ3n) is 1.26. The van der Waals surface area contributed by atoms with Crippen LogP contribution in [-0.4, -0.2) is 9.04 Å². The molecule has 4 heteroatoms. The fourth-order valence-corrected chi connectivity index (χ4v) is 2.02. The first-order valence-electron chi connectivity index (χ1n) is 3.71. The molecule has 0 aromatic heterocycles. The first-order chi connectivity index (χ1) is 5.59. The van der Waals surface area contributed by atoms with E-state index >= 15 is 0 Å².